The van der Waals surface area contributed by atoms with E-state index in [9.17, 15) is 4.79 Å². The minimum atomic E-state index is -0.340. The minimum absolute atomic E-state index is 0.246. The summed E-state index contributed by atoms with van der Waals surface area (Å²) in [6.45, 7) is 0. The van der Waals surface area contributed by atoms with Gasteiger partial charge in [0.05, 0.1) is 12.8 Å². The van der Waals surface area contributed by atoms with Crippen LogP contribution in [0.1, 0.15) is 10.4 Å². The zero-order valence-corrected chi connectivity index (χ0v) is 14.6. The maximum atomic E-state index is 12.2. The number of nitrogens with one attached hydrogen (secondary N) is 4. The van der Waals surface area contributed by atoms with Crippen molar-refractivity contribution in [2.24, 2.45) is 0 Å². The summed E-state index contributed by atoms with van der Waals surface area (Å²) in [5.41, 5.74) is 18.7. The zero-order chi connectivity index (χ0) is 19.1. The Labute approximate surface area is 155 Å². The Balaban J connectivity index is 1.62. The van der Waals surface area contributed by atoms with E-state index in [1.807, 2.05) is 30.3 Å². The second kappa shape index (κ2) is 8.39. The third kappa shape index (κ3) is 4.54. The van der Waals surface area contributed by atoms with Crippen molar-refractivity contribution in [3.05, 3.63) is 66.5 Å². The number of nitrogens with zero attached hydrogens (tertiary/aromatic N) is 2. The number of carbonyl (C=O) groups excluding carboxylic acids is 1. The smallest absolute Gasteiger partial charge is 0.269 e. The summed E-state index contributed by atoms with van der Waals surface area (Å²) in [5, 5.41) is 0. The van der Waals surface area contributed by atoms with Gasteiger partial charge in [-0.3, -0.25) is 26.5 Å². The largest absolute Gasteiger partial charge is 0.497 e. The number of carbonyl (C=O) groups is 1. The van der Waals surface area contributed by atoms with Crippen LogP contribution in [0.2, 0.25) is 0 Å². The van der Waals surface area contributed by atoms with Crippen molar-refractivity contribution in [2.45, 2.75) is 0 Å². The van der Waals surface area contributed by atoms with E-state index in [4.69, 9.17) is 10.5 Å². The predicted molar refractivity (Wildman–Crippen MR) is 104 cm³/mol. The molecular formula is C18H19N7O2. The fourth-order valence-electron chi connectivity index (χ4n) is 2.18. The number of anilines is 4. The number of para-hydroxylation sites is 1. The van der Waals surface area contributed by atoms with E-state index in [-0.39, 0.29) is 17.4 Å². The van der Waals surface area contributed by atoms with Gasteiger partial charge in [-0.05, 0) is 36.4 Å². The maximum Gasteiger partial charge on any atom is 0.269 e. The molecule has 0 saturated heterocycles. The van der Waals surface area contributed by atoms with Crippen LogP contribution in [0, 0.1) is 0 Å². The Kier molecular flexibility index (Phi) is 5.53. The third-order valence-electron chi connectivity index (χ3n) is 3.63. The van der Waals surface area contributed by atoms with Gasteiger partial charge in [0.2, 0.25) is 0 Å². The molecule has 3 aromatic rings. The van der Waals surface area contributed by atoms with Gasteiger partial charge in [0, 0.05) is 5.56 Å². The molecular weight excluding hydrogens is 346 g/mol. The predicted octanol–water partition coefficient (Wildman–Crippen LogP) is 2.26. The average Bonchev–Trinajstić information content (AvgIpc) is 2.72. The Hall–Kier alpha value is -4.01. The Bertz CT molecular complexity index is 901. The Morgan fingerprint density at radius 1 is 0.926 bits per heavy atom. The number of hydrogen-bond acceptors (Lipinski definition) is 8. The Morgan fingerprint density at radius 3 is 2.26 bits per heavy atom. The fraction of sp³-hybridized carbons (Fsp3) is 0.0556. The number of rotatable bonds is 7. The van der Waals surface area contributed by atoms with Crippen LogP contribution in [0.4, 0.5) is 23.0 Å². The molecule has 9 nitrogen and oxygen atoms in total. The highest BCUT2D eigenvalue weighted by atomic mass is 16.5. The molecule has 0 radical (unpaired) electrons. The monoisotopic (exact) mass is 365 g/mol. The van der Waals surface area contributed by atoms with Gasteiger partial charge in [-0.25, -0.2) is 9.97 Å². The number of nitrogens with two attached hydrogens (primary N) is 1. The highest BCUT2D eigenvalue weighted by molar-refractivity contribution is 5.95. The van der Waals surface area contributed by atoms with Crippen LogP contribution < -0.4 is 32.2 Å². The van der Waals surface area contributed by atoms with Crippen LogP contribution in [-0.2, 0) is 0 Å². The van der Waals surface area contributed by atoms with Crippen molar-refractivity contribution in [3.8, 4) is 5.75 Å². The molecule has 6 N–H and O–H groups in total. The van der Waals surface area contributed by atoms with Crippen LogP contribution in [0.3, 0.4) is 0 Å². The van der Waals surface area contributed by atoms with E-state index in [1.54, 1.807) is 31.4 Å². The molecule has 0 spiro atoms. The van der Waals surface area contributed by atoms with Gasteiger partial charge in [0.1, 0.15) is 17.8 Å². The number of nitrogen functional groups attached to an aromatic ring is 1. The van der Waals surface area contributed by atoms with Crippen LogP contribution in [0.5, 0.6) is 5.75 Å². The summed E-state index contributed by atoms with van der Waals surface area (Å²) in [6, 6.07) is 16.2. The van der Waals surface area contributed by atoms with Crippen LogP contribution in [0.25, 0.3) is 0 Å². The summed E-state index contributed by atoms with van der Waals surface area (Å²) in [5.74, 6) is 0.966. The zero-order valence-electron chi connectivity index (χ0n) is 14.6. The molecule has 0 fully saturated rings. The molecule has 0 bridgehead atoms. The number of aromatic nitrogens is 2. The highest BCUT2D eigenvalue weighted by Gasteiger charge is 2.10. The van der Waals surface area contributed by atoms with Gasteiger partial charge >= 0.3 is 0 Å². The van der Waals surface area contributed by atoms with Crippen molar-refractivity contribution < 1.29 is 9.53 Å². The lowest BCUT2D eigenvalue weighted by atomic mass is 10.2. The van der Waals surface area contributed by atoms with Gasteiger partial charge < -0.3 is 10.5 Å². The topological polar surface area (TPSA) is 126 Å². The van der Waals surface area contributed by atoms with Gasteiger partial charge in [-0.15, -0.1) is 0 Å². The van der Waals surface area contributed by atoms with Crippen molar-refractivity contribution in [2.75, 3.05) is 29.1 Å². The summed E-state index contributed by atoms with van der Waals surface area (Å²) in [7, 11) is 1.56. The maximum absolute atomic E-state index is 12.2. The first-order chi connectivity index (χ1) is 13.2. The number of hydrazine groups is 2. The molecule has 0 aliphatic carbocycles. The fourth-order valence-corrected chi connectivity index (χ4v) is 2.18. The summed E-state index contributed by atoms with van der Waals surface area (Å²) in [6.07, 6.45) is 1.33. The lowest BCUT2D eigenvalue weighted by Crippen LogP contribution is -2.30. The van der Waals surface area contributed by atoms with E-state index in [2.05, 4.69) is 31.7 Å². The number of amides is 1. The molecule has 9 heteroatoms. The molecule has 0 aliphatic rings. The lowest BCUT2D eigenvalue weighted by Gasteiger charge is -2.14. The molecule has 0 aliphatic heterocycles. The van der Waals surface area contributed by atoms with Gasteiger partial charge in [-0.1, -0.05) is 18.2 Å². The number of benzene rings is 2. The first-order valence-corrected chi connectivity index (χ1v) is 8.05. The first kappa shape index (κ1) is 17.8. The van der Waals surface area contributed by atoms with Crippen LogP contribution >= 0.6 is 0 Å². The van der Waals surface area contributed by atoms with E-state index < -0.39 is 0 Å². The van der Waals surface area contributed by atoms with E-state index in [0.717, 1.165) is 5.69 Å². The van der Waals surface area contributed by atoms with E-state index in [1.165, 1.54) is 6.33 Å². The molecule has 1 aromatic heterocycles. The standard InChI is InChI=1S/C18H19N7O2/c1-27-14-9-7-12(8-10-14)18(26)25-24-17-15(19)16(20-11-21-17)23-22-13-5-3-2-4-6-13/h2-11,22H,19H2,1H3,(H,25,26)(H2,20,21,23,24). The van der Waals surface area contributed by atoms with Crippen molar-refractivity contribution in [1.82, 2.24) is 15.4 Å². The quantitative estimate of drug-likeness (QED) is 0.404. The Morgan fingerprint density at radius 2 is 1.59 bits per heavy atom. The third-order valence-corrected chi connectivity index (χ3v) is 3.63. The second-order valence-electron chi connectivity index (χ2n) is 5.41. The summed E-state index contributed by atoms with van der Waals surface area (Å²) < 4.78 is 5.07. The molecule has 1 amide bonds. The van der Waals surface area contributed by atoms with Crippen molar-refractivity contribution >= 4 is 28.9 Å². The highest BCUT2D eigenvalue weighted by Crippen LogP contribution is 2.22. The second-order valence-corrected chi connectivity index (χ2v) is 5.41. The minimum Gasteiger partial charge on any atom is -0.497 e. The SMILES string of the molecule is COc1ccc(C(=O)NNc2ncnc(NNc3ccccc3)c2N)cc1. The van der Waals surface area contributed by atoms with Gasteiger partial charge in [-0.2, -0.15) is 0 Å². The lowest BCUT2D eigenvalue weighted by molar-refractivity contribution is 0.0962. The summed E-state index contributed by atoms with van der Waals surface area (Å²) in [4.78, 5) is 20.3. The molecule has 138 valence electrons. The molecule has 27 heavy (non-hydrogen) atoms. The summed E-state index contributed by atoms with van der Waals surface area (Å²) >= 11 is 0. The van der Waals surface area contributed by atoms with Crippen LogP contribution in [-0.4, -0.2) is 23.0 Å². The van der Waals surface area contributed by atoms with E-state index in [0.29, 0.717) is 17.1 Å². The van der Waals surface area contributed by atoms with Crippen LogP contribution in [0.15, 0.2) is 60.9 Å². The molecule has 0 unspecified atom stereocenters. The number of hydrogen-bond donors (Lipinski definition) is 5. The molecule has 0 saturated carbocycles. The molecule has 3 rings (SSSR count). The van der Waals surface area contributed by atoms with Gasteiger partial charge in [0.15, 0.2) is 11.6 Å². The van der Waals surface area contributed by atoms with E-state index >= 15 is 0 Å². The number of ether oxygens (including phenoxy) is 1. The van der Waals surface area contributed by atoms with Crippen molar-refractivity contribution in [1.29, 1.82) is 0 Å². The molecule has 0 atom stereocenters. The van der Waals surface area contributed by atoms with Gasteiger partial charge in [0.25, 0.3) is 5.91 Å². The number of methoxy groups -OCH3 is 1. The first-order valence-electron chi connectivity index (χ1n) is 8.05. The average molecular weight is 365 g/mol. The molecule has 1 heterocycles. The molecule has 2 aromatic carbocycles. The van der Waals surface area contributed by atoms with Crippen molar-refractivity contribution in [3.63, 3.8) is 0 Å². The normalized spacial score (nSPS) is 9.96.